The molecule has 0 radical (unpaired) electrons. The van der Waals surface area contributed by atoms with Crippen LogP contribution in [0.25, 0.3) is 16.7 Å². The topological polar surface area (TPSA) is 71.3 Å². The summed E-state index contributed by atoms with van der Waals surface area (Å²) in [5.41, 5.74) is 2.31. The van der Waals surface area contributed by atoms with Crippen molar-refractivity contribution in [2.24, 2.45) is 0 Å². The second kappa shape index (κ2) is 9.87. The number of hydrogen-bond acceptors (Lipinski definition) is 6. The SMILES string of the molecule is Cc1ccc(-n2c(SCC(=O)N3CCN(c4ccc(F)cc4)CC3)nc3ccccc3c2=O)nc1. The summed E-state index contributed by atoms with van der Waals surface area (Å²) < 4.78 is 14.7. The van der Waals surface area contributed by atoms with Gasteiger partial charge in [0.25, 0.3) is 5.56 Å². The van der Waals surface area contributed by atoms with Crippen LogP contribution < -0.4 is 10.5 Å². The number of fused-ring (bicyclic) bond motifs is 1. The number of piperazine rings is 1. The highest BCUT2D eigenvalue weighted by molar-refractivity contribution is 7.99. The average molecular weight is 490 g/mol. The number of amides is 1. The lowest BCUT2D eigenvalue weighted by Crippen LogP contribution is -2.49. The maximum Gasteiger partial charge on any atom is 0.267 e. The molecule has 0 aliphatic carbocycles. The van der Waals surface area contributed by atoms with Gasteiger partial charge < -0.3 is 9.80 Å². The van der Waals surface area contributed by atoms with Crippen LogP contribution in [0.3, 0.4) is 0 Å². The van der Waals surface area contributed by atoms with Gasteiger partial charge in [-0.3, -0.25) is 9.59 Å². The second-order valence-corrected chi connectivity index (χ2v) is 9.32. The molecule has 5 rings (SSSR count). The Labute approximate surface area is 206 Å². The zero-order valence-corrected chi connectivity index (χ0v) is 20.0. The van der Waals surface area contributed by atoms with Crippen molar-refractivity contribution >= 4 is 34.3 Å². The third-order valence-corrected chi connectivity index (χ3v) is 6.94. The molecule has 1 saturated heterocycles. The van der Waals surface area contributed by atoms with Crippen LogP contribution in [0.15, 0.2) is 76.8 Å². The third-order valence-electron chi connectivity index (χ3n) is 6.02. The van der Waals surface area contributed by atoms with Crippen LogP contribution in [0, 0.1) is 12.7 Å². The highest BCUT2D eigenvalue weighted by Crippen LogP contribution is 2.22. The summed E-state index contributed by atoms with van der Waals surface area (Å²) in [5, 5.41) is 0.936. The highest BCUT2D eigenvalue weighted by Gasteiger charge is 2.23. The van der Waals surface area contributed by atoms with Gasteiger partial charge in [-0.05, 0) is 55.0 Å². The van der Waals surface area contributed by atoms with Gasteiger partial charge in [-0.15, -0.1) is 0 Å². The van der Waals surface area contributed by atoms with Crippen molar-refractivity contribution in [1.82, 2.24) is 19.4 Å². The largest absolute Gasteiger partial charge is 0.368 e. The number of thioether (sulfide) groups is 1. The fraction of sp³-hybridized carbons (Fsp3) is 0.231. The van der Waals surface area contributed by atoms with E-state index in [-0.39, 0.29) is 23.0 Å². The quantitative estimate of drug-likeness (QED) is 0.315. The molecule has 7 nitrogen and oxygen atoms in total. The first-order valence-electron chi connectivity index (χ1n) is 11.4. The summed E-state index contributed by atoms with van der Waals surface area (Å²) in [6.45, 7) is 4.44. The first-order chi connectivity index (χ1) is 17.0. The summed E-state index contributed by atoms with van der Waals surface area (Å²) in [4.78, 5) is 39.4. The van der Waals surface area contributed by atoms with Gasteiger partial charge >= 0.3 is 0 Å². The van der Waals surface area contributed by atoms with Crippen molar-refractivity contribution in [2.75, 3.05) is 36.8 Å². The lowest BCUT2D eigenvalue weighted by molar-refractivity contribution is -0.128. The van der Waals surface area contributed by atoms with Gasteiger partial charge in [-0.2, -0.15) is 0 Å². The van der Waals surface area contributed by atoms with Crippen LogP contribution in [0.5, 0.6) is 0 Å². The lowest BCUT2D eigenvalue weighted by atomic mass is 10.2. The Kier molecular flexibility index (Phi) is 6.50. The average Bonchev–Trinajstić information content (AvgIpc) is 2.89. The van der Waals surface area contributed by atoms with Crippen molar-refractivity contribution < 1.29 is 9.18 Å². The van der Waals surface area contributed by atoms with Gasteiger partial charge in [-0.25, -0.2) is 18.9 Å². The minimum Gasteiger partial charge on any atom is -0.368 e. The standard InChI is InChI=1S/C26H24FN5O2S/c1-18-6-11-23(28-16-18)32-25(34)21-4-2-3-5-22(21)29-26(32)35-17-24(33)31-14-12-30(13-15-31)20-9-7-19(27)8-10-20/h2-11,16H,12-15,17H2,1H3. The summed E-state index contributed by atoms with van der Waals surface area (Å²) >= 11 is 1.24. The zero-order chi connectivity index (χ0) is 24.4. The van der Waals surface area contributed by atoms with Gasteiger partial charge in [0, 0.05) is 38.1 Å². The summed E-state index contributed by atoms with van der Waals surface area (Å²) in [7, 11) is 0. The molecule has 0 unspecified atom stereocenters. The minimum absolute atomic E-state index is 0.0143. The number of halogens is 1. The summed E-state index contributed by atoms with van der Waals surface area (Å²) in [5.74, 6) is 0.357. The van der Waals surface area contributed by atoms with Crippen LogP contribution in [0.1, 0.15) is 5.56 Å². The van der Waals surface area contributed by atoms with Crippen LogP contribution in [0.2, 0.25) is 0 Å². The monoisotopic (exact) mass is 489 g/mol. The van der Waals surface area contributed by atoms with Crippen molar-refractivity contribution in [3.63, 3.8) is 0 Å². The van der Waals surface area contributed by atoms with E-state index in [1.165, 1.54) is 28.5 Å². The van der Waals surface area contributed by atoms with Gasteiger partial charge in [0.05, 0.1) is 16.7 Å². The smallest absolute Gasteiger partial charge is 0.267 e. The van der Waals surface area contributed by atoms with E-state index in [1.54, 1.807) is 42.6 Å². The van der Waals surface area contributed by atoms with Crippen LogP contribution in [-0.2, 0) is 4.79 Å². The lowest BCUT2D eigenvalue weighted by Gasteiger charge is -2.36. The Morgan fingerprint density at radius 1 is 1.00 bits per heavy atom. The fourth-order valence-electron chi connectivity index (χ4n) is 4.09. The second-order valence-electron chi connectivity index (χ2n) is 8.38. The molecule has 178 valence electrons. The predicted molar refractivity (Wildman–Crippen MR) is 136 cm³/mol. The molecule has 9 heteroatoms. The number of pyridine rings is 1. The molecular formula is C26H24FN5O2S. The molecule has 2 aromatic heterocycles. The Morgan fingerprint density at radius 3 is 2.46 bits per heavy atom. The Balaban J connectivity index is 1.33. The van der Waals surface area contributed by atoms with Crippen molar-refractivity contribution in [1.29, 1.82) is 0 Å². The minimum atomic E-state index is -0.263. The Morgan fingerprint density at radius 2 is 1.74 bits per heavy atom. The van der Waals surface area contributed by atoms with Gasteiger partial charge in [0.15, 0.2) is 5.16 Å². The molecule has 0 N–H and O–H groups in total. The van der Waals surface area contributed by atoms with E-state index in [0.29, 0.717) is 48.1 Å². The molecule has 1 fully saturated rings. The number of nitrogens with zero attached hydrogens (tertiary/aromatic N) is 5. The molecular weight excluding hydrogens is 465 g/mol. The number of carbonyl (C=O) groups is 1. The predicted octanol–water partition coefficient (Wildman–Crippen LogP) is 3.67. The van der Waals surface area contributed by atoms with E-state index in [1.807, 2.05) is 24.0 Å². The first-order valence-corrected chi connectivity index (χ1v) is 12.3. The number of rotatable bonds is 5. The number of hydrogen-bond donors (Lipinski definition) is 0. The number of anilines is 1. The van der Waals surface area contributed by atoms with E-state index >= 15 is 0 Å². The number of aryl methyl sites for hydroxylation is 1. The van der Waals surface area contributed by atoms with E-state index in [4.69, 9.17) is 0 Å². The number of aromatic nitrogens is 3. The third kappa shape index (κ3) is 4.90. The molecule has 1 aliphatic rings. The van der Waals surface area contributed by atoms with E-state index in [2.05, 4.69) is 14.9 Å². The van der Waals surface area contributed by atoms with Crippen molar-refractivity contribution in [2.45, 2.75) is 12.1 Å². The number of para-hydroxylation sites is 1. The molecule has 1 amide bonds. The molecule has 4 aromatic rings. The molecule has 1 aliphatic heterocycles. The van der Waals surface area contributed by atoms with E-state index < -0.39 is 0 Å². The molecule has 35 heavy (non-hydrogen) atoms. The zero-order valence-electron chi connectivity index (χ0n) is 19.2. The summed E-state index contributed by atoms with van der Waals surface area (Å²) in [6, 6.07) is 17.3. The van der Waals surface area contributed by atoms with Crippen LogP contribution >= 0.6 is 11.8 Å². The maximum absolute atomic E-state index is 13.3. The van der Waals surface area contributed by atoms with Crippen molar-refractivity contribution in [3.05, 3.63) is 88.6 Å². The molecule has 0 spiro atoms. The van der Waals surface area contributed by atoms with E-state index in [9.17, 15) is 14.0 Å². The fourth-order valence-corrected chi connectivity index (χ4v) is 4.99. The molecule has 0 atom stereocenters. The van der Waals surface area contributed by atoms with Crippen LogP contribution in [-0.4, -0.2) is 57.3 Å². The van der Waals surface area contributed by atoms with Gasteiger partial charge in [0.1, 0.15) is 11.6 Å². The van der Waals surface area contributed by atoms with Crippen LogP contribution in [0.4, 0.5) is 10.1 Å². The Bertz CT molecular complexity index is 1410. The number of benzene rings is 2. The van der Waals surface area contributed by atoms with E-state index in [0.717, 1.165) is 11.3 Å². The molecule has 0 bridgehead atoms. The number of carbonyl (C=O) groups excluding carboxylic acids is 1. The maximum atomic E-state index is 13.3. The normalized spacial score (nSPS) is 13.9. The highest BCUT2D eigenvalue weighted by atomic mass is 32.2. The van der Waals surface area contributed by atoms with Crippen molar-refractivity contribution in [3.8, 4) is 5.82 Å². The van der Waals surface area contributed by atoms with Gasteiger partial charge in [-0.1, -0.05) is 30.0 Å². The summed E-state index contributed by atoms with van der Waals surface area (Å²) in [6.07, 6.45) is 1.71. The Hall–Kier alpha value is -3.72. The first kappa shape index (κ1) is 23.0. The molecule has 2 aromatic carbocycles. The molecule has 0 saturated carbocycles. The van der Waals surface area contributed by atoms with Gasteiger partial charge in [0.2, 0.25) is 5.91 Å². The molecule has 3 heterocycles.